The van der Waals surface area contributed by atoms with Crippen LogP contribution in [0.5, 0.6) is 0 Å². The van der Waals surface area contributed by atoms with Gasteiger partial charge in [0.05, 0.1) is 12.1 Å². The monoisotopic (exact) mass is 148 g/mol. The van der Waals surface area contributed by atoms with Gasteiger partial charge in [0, 0.05) is 5.70 Å². The first kappa shape index (κ1) is 6.57. The summed E-state index contributed by atoms with van der Waals surface area (Å²) in [5, 5.41) is 3.97. The second-order valence-corrected chi connectivity index (χ2v) is 3.46. The Morgan fingerprint density at radius 1 is 1.67 bits per heavy atom. The van der Waals surface area contributed by atoms with Crippen molar-refractivity contribution in [1.29, 1.82) is 0 Å². The van der Waals surface area contributed by atoms with Gasteiger partial charge in [-0.05, 0) is 6.92 Å². The number of nitrogens with one attached hydrogen (secondary N) is 2. The third kappa shape index (κ3) is 1.69. The van der Waals surface area contributed by atoms with Crippen molar-refractivity contribution in [1.82, 2.24) is 10.0 Å². The first-order valence-corrected chi connectivity index (χ1v) is 4.07. The van der Waals surface area contributed by atoms with Gasteiger partial charge in [-0.15, -0.1) is 0 Å². The van der Waals surface area contributed by atoms with Crippen molar-refractivity contribution >= 4 is 10.0 Å². The Labute approximate surface area is 54.0 Å². The van der Waals surface area contributed by atoms with Crippen LogP contribution < -0.4 is 10.0 Å². The van der Waals surface area contributed by atoms with Gasteiger partial charge in [-0.2, -0.15) is 4.72 Å². The van der Waals surface area contributed by atoms with Gasteiger partial charge in [0.15, 0.2) is 0 Å². The van der Waals surface area contributed by atoms with Crippen LogP contribution >= 0.6 is 0 Å². The molecule has 0 saturated heterocycles. The van der Waals surface area contributed by atoms with Gasteiger partial charge in [0.1, 0.15) is 0 Å². The van der Waals surface area contributed by atoms with Gasteiger partial charge in [-0.3, -0.25) is 0 Å². The molecule has 1 aliphatic heterocycles. The van der Waals surface area contributed by atoms with E-state index >= 15 is 0 Å². The predicted molar refractivity (Wildman–Crippen MR) is 33.8 cm³/mol. The fourth-order valence-corrected chi connectivity index (χ4v) is 1.50. The molecule has 0 atom stereocenters. The highest BCUT2D eigenvalue weighted by molar-refractivity contribution is 7.92. The Kier molecular flexibility index (Phi) is 1.46. The van der Waals surface area contributed by atoms with E-state index in [9.17, 15) is 8.42 Å². The second-order valence-electron chi connectivity index (χ2n) is 1.84. The molecule has 0 saturated carbocycles. The lowest BCUT2D eigenvalue weighted by Gasteiger charge is -2.12. The Morgan fingerprint density at radius 2 is 2.33 bits per heavy atom. The average Bonchev–Trinajstić information content (AvgIpc) is 1.60. The summed E-state index contributed by atoms with van der Waals surface area (Å²) in [5.74, 6) is 0. The molecule has 1 heterocycles. The van der Waals surface area contributed by atoms with E-state index < -0.39 is 10.0 Å². The minimum Gasteiger partial charge on any atom is -0.374 e. The summed E-state index contributed by atoms with van der Waals surface area (Å²) in [6.07, 6.45) is 0. The fourth-order valence-electron chi connectivity index (χ4n) is 0.592. The number of sulfonamides is 1. The molecule has 1 rings (SSSR count). The van der Waals surface area contributed by atoms with Gasteiger partial charge in [-0.1, -0.05) is 0 Å². The quantitative estimate of drug-likeness (QED) is 0.479. The van der Waals surface area contributed by atoms with Crippen LogP contribution in [0.3, 0.4) is 0 Å². The Morgan fingerprint density at radius 3 is 2.67 bits per heavy atom. The van der Waals surface area contributed by atoms with Gasteiger partial charge in [0.2, 0.25) is 10.0 Å². The van der Waals surface area contributed by atoms with Crippen LogP contribution in [0.1, 0.15) is 6.92 Å². The summed E-state index contributed by atoms with van der Waals surface area (Å²) in [6.45, 7) is 2.00. The maximum absolute atomic E-state index is 10.6. The summed E-state index contributed by atoms with van der Waals surface area (Å²) in [5.41, 5.74) is 0.675. The fraction of sp³-hybridized carbons (Fsp3) is 0.500. The van der Waals surface area contributed by atoms with Crippen molar-refractivity contribution in [2.45, 2.75) is 6.92 Å². The van der Waals surface area contributed by atoms with Crippen LogP contribution in [-0.2, 0) is 10.0 Å². The molecule has 9 heavy (non-hydrogen) atoms. The van der Waals surface area contributed by atoms with Crippen LogP contribution in [0.15, 0.2) is 11.1 Å². The van der Waals surface area contributed by atoms with E-state index in [-0.39, 0.29) is 0 Å². The molecule has 1 aliphatic rings. The molecule has 0 aromatic carbocycles. The summed E-state index contributed by atoms with van der Waals surface area (Å²) in [4.78, 5) is 0. The zero-order valence-corrected chi connectivity index (χ0v) is 5.83. The molecule has 2 N–H and O–H groups in total. The Balaban J connectivity index is 2.95. The lowest BCUT2D eigenvalue weighted by molar-refractivity contribution is 0.580. The topological polar surface area (TPSA) is 58.2 Å². The Hall–Kier alpha value is -0.550. The van der Waals surface area contributed by atoms with Gasteiger partial charge in [-0.25, -0.2) is 8.42 Å². The summed E-state index contributed by atoms with van der Waals surface area (Å²) in [7, 11) is -3.11. The minimum atomic E-state index is -3.11. The molecule has 0 amide bonds. The van der Waals surface area contributed by atoms with Gasteiger partial charge >= 0.3 is 0 Å². The molecular formula is C4H8N2O2S. The van der Waals surface area contributed by atoms with Crippen molar-refractivity contribution in [3.05, 3.63) is 11.1 Å². The van der Waals surface area contributed by atoms with E-state index in [4.69, 9.17) is 0 Å². The number of hydrogen-bond acceptors (Lipinski definition) is 3. The summed E-state index contributed by atoms with van der Waals surface area (Å²) < 4.78 is 23.5. The SMILES string of the molecule is CC1=CS(=O)(=O)NCN1. The highest BCUT2D eigenvalue weighted by atomic mass is 32.2. The van der Waals surface area contributed by atoms with Gasteiger partial charge < -0.3 is 5.32 Å². The third-order valence-corrected chi connectivity index (χ3v) is 2.18. The second kappa shape index (κ2) is 2.00. The van der Waals surface area contributed by atoms with E-state index in [1.165, 1.54) is 0 Å². The lowest BCUT2D eigenvalue weighted by atomic mass is 10.6. The van der Waals surface area contributed by atoms with Crippen molar-refractivity contribution in [3.8, 4) is 0 Å². The van der Waals surface area contributed by atoms with E-state index in [0.29, 0.717) is 12.4 Å². The first-order valence-electron chi connectivity index (χ1n) is 2.52. The van der Waals surface area contributed by atoms with E-state index in [0.717, 1.165) is 5.41 Å². The zero-order valence-electron chi connectivity index (χ0n) is 5.01. The molecule has 0 aromatic rings. The normalized spacial score (nSPS) is 24.3. The van der Waals surface area contributed by atoms with Crippen molar-refractivity contribution in [3.63, 3.8) is 0 Å². The molecule has 0 aromatic heterocycles. The lowest BCUT2D eigenvalue weighted by Crippen LogP contribution is -2.36. The largest absolute Gasteiger partial charge is 0.374 e. The highest BCUT2D eigenvalue weighted by Gasteiger charge is 2.09. The molecule has 0 unspecified atom stereocenters. The van der Waals surface area contributed by atoms with Crippen molar-refractivity contribution < 1.29 is 8.42 Å². The summed E-state index contributed by atoms with van der Waals surface area (Å²) in [6, 6.07) is 0. The predicted octanol–water partition coefficient (Wildman–Crippen LogP) is -0.672. The molecule has 0 bridgehead atoms. The molecule has 0 aliphatic carbocycles. The zero-order chi connectivity index (χ0) is 6.91. The number of rotatable bonds is 0. The maximum Gasteiger partial charge on any atom is 0.236 e. The summed E-state index contributed by atoms with van der Waals surface area (Å²) >= 11 is 0. The molecule has 4 nitrogen and oxygen atoms in total. The van der Waals surface area contributed by atoms with Crippen molar-refractivity contribution in [2.24, 2.45) is 0 Å². The minimum absolute atomic E-state index is 0.296. The molecule has 5 heteroatoms. The standard InChI is InChI=1S/C4H8N2O2S/c1-4-2-9(7,8)6-3-5-4/h2,5-6H,3H2,1H3. The van der Waals surface area contributed by atoms with Crippen LogP contribution in [0, 0.1) is 0 Å². The number of allylic oxidation sites excluding steroid dienone is 1. The molecule has 52 valence electrons. The van der Waals surface area contributed by atoms with E-state index in [1.54, 1.807) is 6.92 Å². The van der Waals surface area contributed by atoms with E-state index in [1.807, 2.05) is 0 Å². The maximum atomic E-state index is 10.6. The first-order chi connectivity index (χ1) is 4.10. The molecule has 0 radical (unpaired) electrons. The smallest absolute Gasteiger partial charge is 0.236 e. The average molecular weight is 148 g/mol. The van der Waals surface area contributed by atoms with Crippen LogP contribution in [0.4, 0.5) is 0 Å². The van der Waals surface area contributed by atoms with Crippen LogP contribution in [0.25, 0.3) is 0 Å². The van der Waals surface area contributed by atoms with Crippen molar-refractivity contribution in [2.75, 3.05) is 6.67 Å². The molecular weight excluding hydrogens is 140 g/mol. The Bertz CT molecular complexity index is 229. The number of hydrogen-bond donors (Lipinski definition) is 2. The van der Waals surface area contributed by atoms with Crippen LogP contribution in [0.2, 0.25) is 0 Å². The third-order valence-electron chi connectivity index (χ3n) is 0.973. The van der Waals surface area contributed by atoms with Gasteiger partial charge in [0.25, 0.3) is 0 Å². The van der Waals surface area contributed by atoms with Crippen LogP contribution in [-0.4, -0.2) is 15.1 Å². The molecule has 0 spiro atoms. The molecule has 0 fully saturated rings. The highest BCUT2D eigenvalue weighted by Crippen LogP contribution is 1.96. The van der Waals surface area contributed by atoms with E-state index in [2.05, 4.69) is 10.0 Å².